The number of carbonyl (C=O) groups excluding carboxylic acids is 4. The average molecular weight is 1980 g/mol. The van der Waals surface area contributed by atoms with Gasteiger partial charge in [-0.3, -0.25) is 39.6 Å². The molecule has 1 atom stereocenters. The maximum absolute atomic E-state index is 12.1. The number of aromatic nitrogens is 16. The van der Waals surface area contributed by atoms with E-state index in [0.29, 0.717) is 188 Å². The summed E-state index contributed by atoms with van der Waals surface area (Å²) in [6.07, 6.45) is 19.4. The molecule has 0 radical (unpaired) electrons. The number of aromatic amines is 4. The van der Waals surface area contributed by atoms with E-state index in [1.165, 1.54) is 79.2 Å². The minimum atomic E-state index is -0.689. The number of hydrogen-bond acceptors (Lipinski definition) is 32. The summed E-state index contributed by atoms with van der Waals surface area (Å²) in [5.74, 6) is 12.0. The molecule has 32 nitrogen and oxygen atoms in total. The lowest BCUT2D eigenvalue weighted by Gasteiger charge is -2.52. The second-order valence-electron chi connectivity index (χ2n) is 39.0. The molecule has 4 aromatic carbocycles. The summed E-state index contributed by atoms with van der Waals surface area (Å²) in [5.41, 5.74) is 5.64. The first-order valence-corrected chi connectivity index (χ1v) is 52.2. The summed E-state index contributed by atoms with van der Waals surface area (Å²) in [7, 11) is 0. The van der Waals surface area contributed by atoms with Gasteiger partial charge in [0.1, 0.15) is 92.1 Å². The lowest BCUT2D eigenvalue weighted by Crippen LogP contribution is -2.66. The van der Waals surface area contributed by atoms with Gasteiger partial charge in [-0.05, 0) is 226 Å². The molecule has 4 aliphatic heterocycles. The highest BCUT2D eigenvalue weighted by atomic mass is 32.2. The molecule has 12 heterocycles. The lowest BCUT2D eigenvalue weighted by atomic mass is 9.73. The highest BCUT2D eigenvalue weighted by molar-refractivity contribution is 8.00. The third kappa shape index (κ3) is 25.6. The van der Waals surface area contributed by atoms with Gasteiger partial charge in [-0.15, -0.1) is 0 Å². The summed E-state index contributed by atoms with van der Waals surface area (Å²) in [6, 6.07) is 47.5. The summed E-state index contributed by atoms with van der Waals surface area (Å²) in [5, 5.41) is 88.4. The number of aliphatic hydroxyl groups is 4. The van der Waals surface area contributed by atoms with Crippen LogP contribution in [0.3, 0.4) is 0 Å². The number of carbonyl (C=O) groups is 4. The van der Waals surface area contributed by atoms with E-state index in [1.807, 2.05) is 181 Å². The van der Waals surface area contributed by atoms with Gasteiger partial charge in [-0.2, -0.15) is 20.4 Å². The number of hydrogen-bond donors (Lipinski definition) is 12. The molecular weight excluding hydrogens is 1830 g/mol. The minimum absolute atomic E-state index is 0. The Labute approximate surface area is 843 Å². The van der Waals surface area contributed by atoms with Gasteiger partial charge in [0, 0.05) is 163 Å². The van der Waals surface area contributed by atoms with Gasteiger partial charge < -0.3 is 61.3 Å². The van der Waals surface area contributed by atoms with Crippen molar-refractivity contribution >= 4 is 140 Å². The number of benzene rings is 4. The van der Waals surface area contributed by atoms with Crippen LogP contribution in [0.25, 0.3) is 0 Å². The van der Waals surface area contributed by atoms with Crippen molar-refractivity contribution < 1.29 is 55.3 Å². The van der Waals surface area contributed by atoms with E-state index in [2.05, 4.69) is 107 Å². The Bertz CT molecular complexity index is 6350. The van der Waals surface area contributed by atoms with Crippen LogP contribution in [-0.2, 0) is 44.9 Å². The second kappa shape index (κ2) is 42.8. The van der Waals surface area contributed by atoms with E-state index < -0.39 is 22.4 Å². The first kappa shape index (κ1) is 97.6. The molecular formula is C103H146N24O8S4. The van der Waals surface area contributed by atoms with Gasteiger partial charge in [0.2, 0.25) is 0 Å². The standard InChI is InChI=1S/C27H34N6O2S.C26H30N6O2S.C25H28N6O2S.C25H32N6O2S.11H2/c1-3-21(34)14-19-9-11-22(12-10-19)36-26-29-23(28-24-13-18(2)31-32-24)15-25(30-26)33-16-27(35,17-33)20-7-5-4-6-8-20;1-2-19(33)11-16-3-9-20(10-4-16)35-25-28-22(27-23-12-21(30-31-23)17-5-6-17)13-24(29-25)32-14-26(34,15-32)18-7-8-18;1-15-10-22(30-29-15)26-21-12-23(31-13-25(33,14-31)18-6-7-18)28-24(27-21)34-19-8-2-16(3-9-19)11-20(32)17-4-5-17;1-5-16(3)25(33)14-31(15-25)23-13-21(26-22-11-17(4)29-30-22)27-24(28-23)34-20-9-7-18(8-10-20)12-19(32)6-2;;;;;;;;;;;/h9-13,15,20,35H,3-8,14,16-17H2,1-2H3,(H2,28,29,30,31,32);3-4,9-10,12-13,17-18,34H,2,5-8,11,14-15H2,1H3,(H2,27,28,29,30,31);2-3,8-10,12,17-18,33H,4-7,11,13-14H2,1H3,(H2,26,27,28,29,30);7-11,13,16,33H,5-6,12,14-15H2,1-4H3,(H2,26,27,28,29,30);11*1H. The van der Waals surface area contributed by atoms with Crippen molar-refractivity contribution in [2.45, 2.75) is 259 Å². The van der Waals surface area contributed by atoms with Crippen LogP contribution in [0.1, 0.15) is 210 Å². The topological polar surface area (TPSA) is 428 Å². The van der Waals surface area contributed by atoms with Crippen molar-refractivity contribution in [3.8, 4) is 0 Å². The molecule has 9 aliphatic rings. The Hall–Kier alpha value is -11.6. The molecule has 0 bridgehead atoms. The molecule has 0 spiro atoms. The van der Waals surface area contributed by atoms with Crippen molar-refractivity contribution in [1.29, 1.82) is 0 Å². The zero-order valence-electron chi connectivity index (χ0n) is 80.0. The molecule has 4 saturated heterocycles. The number of aryl methyl sites for hydroxylation is 3. The highest BCUT2D eigenvalue weighted by Gasteiger charge is 2.54. The fourth-order valence-corrected chi connectivity index (χ4v) is 21.2. The summed E-state index contributed by atoms with van der Waals surface area (Å²) < 4.78 is 0. The number of nitrogens with zero attached hydrogens (tertiary/aromatic N) is 16. The van der Waals surface area contributed by atoms with Gasteiger partial charge in [0.25, 0.3) is 0 Å². The predicted molar refractivity (Wildman–Crippen MR) is 566 cm³/mol. The fraction of sp³-hybridized carbons (Fsp3) is 0.456. The van der Waals surface area contributed by atoms with Gasteiger partial charge in [-0.25, -0.2) is 39.9 Å². The summed E-state index contributed by atoms with van der Waals surface area (Å²) in [4.78, 5) is 97.9. The lowest BCUT2D eigenvalue weighted by molar-refractivity contribution is -0.120. The molecule has 9 fully saturated rings. The number of Topliss-reactive ketones (excluding diaryl/α,β-unsaturated/α-hetero) is 4. The van der Waals surface area contributed by atoms with Crippen molar-refractivity contribution in [2.24, 2.45) is 29.6 Å². The Morgan fingerprint density at radius 2 is 0.662 bits per heavy atom. The van der Waals surface area contributed by atoms with Gasteiger partial charge >= 0.3 is 0 Å². The molecule has 36 heteroatoms. The Kier molecular flexibility index (Phi) is 30.1. The van der Waals surface area contributed by atoms with Crippen LogP contribution in [0.4, 0.5) is 69.8 Å². The number of anilines is 12. The number of β-amino-alcohol motifs (C(OH)–C–C–N with tert-alkyl or cyclic N) is 4. The monoisotopic (exact) mass is 1980 g/mol. The Morgan fingerprint density at radius 1 is 0.367 bits per heavy atom. The van der Waals surface area contributed by atoms with Crippen LogP contribution in [0.15, 0.2) is 186 Å². The molecule has 1 unspecified atom stereocenters. The molecule has 139 heavy (non-hydrogen) atoms. The van der Waals surface area contributed by atoms with E-state index in [1.54, 1.807) is 0 Å². The molecule has 21 rings (SSSR count). The molecule has 750 valence electrons. The number of ketones is 4. The van der Waals surface area contributed by atoms with Crippen molar-refractivity contribution in [2.75, 3.05) is 93.2 Å². The minimum Gasteiger partial charge on any atom is -0.386 e. The Morgan fingerprint density at radius 3 is 0.942 bits per heavy atom. The van der Waals surface area contributed by atoms with Crippen molar-refractivity contribution in [3.63, 3.8) is 0 Å². The SMILES string of the molecule is CCC(=O)Cc1ccc(Sc2nc(Nc3cc(C)[nH]n3)cc(N3CC(O)(C(C)CC)C3)n2)cc1.CCC(=O)Cc1ccc(Sc2nc(Nc3cc(C)[nH]n3)cc(N3CC(O)(C4CCCCC4)C3)n2)cc1.CCC(=O)Cc1ccc(Sc2nc(Nc3cc(C4CC4)[nH]n3)cc(N3CC(O)(C4CC4)C3)n2)cc1.Cc1cc(Nc2cc(N3CC(O)(C4CC4)C3)nc(Sc3ccc(CC(=O)C4CC4)cc3)n2)n[nH]1.[HH].[HH].[HH].[HH].[HH].[HH].[HH].[HH].[HH].[HH].[HH]. The van der Waals surface area contributed by atoms with Crippen LogP contribution < -0.4 is 40.9 Å². The first-order chi connectivity index (χ1) is 67.1. The van der Waals surface area contributed by atoms with E-state index in [0.717, 1.165) is 151 Å². The fourth-order valence-electron chi connectivity index (χ4n) is 18.1. The number of H-pyrrole nitrogens is 4. The molecule has 12 N–H and O–H groups in total. The van der Waals surface area contributed by atoms with E-state index >= 15 is 0 Å². The Balaban J connectivity index is 0.000000264. The average Bonchev–Trinajstić information content (AvgIpc) is 1.67. The van der Waals surface area contributed by atoms with Gasteiger partial charge in [0.05, 0.1) is 52.4 Å². The highest BCUT2D eigenvalue weighted by Crippen LogP contribution is 2.50. The predicted octanol–water partition coefficient (Wildman–Crippen LogP) is 20.6. The zero-order chi connectivity index (χ0) is 96.7. The summed E-state index contributed by atoms with van der Waals surface area (Å²) in [6.45, 7) is 20.4. The largest absolute Gasteiger partial charge is 0.386 e. The van der Waals surface area contributed by atoms with Crippen LogP contribution >= 0.6 is 47.0 Å². The number of nitrogens with one attached hydrogen (secondary N) is 8. The first-order valence-electron chi connectivity index (χ1n) is 48.9. The third-order valence-electron chi connectivity index (χ3n) is 27.4. The normalized spacial score (nSPS) is 17.8. The van der Waals surface area contributed by atoms with E-state index in [4.69, 9.17) is 34.9 Å². The van der Waals surface area contributed by atoms with Crippen molar-refractivity contribution in [3.05, 3.63) is 191 Å². The van der Waals surface area contributed by atoms with Crippen LogP contribution in [0, 0.1) is 50.4 Å². The maximum Gasteiger partial charge on any atom is 0.196 e. The van der Waals surface area contributed by atoms with Crippen molar-refractivity contribution in [1.82, 2.24) is 80.7 Å². The quantitative estimate of drug-likeness (QED) is 0.0160. The smallest absolute Gasteiger partial charge is 0.196 e. The molecule has 0 amide bonds. The summed E-state index contributed by atoms with van der Waals surface area (Å²) >= 11 is 5.91. The number of rotatable bonds is 38. The second-order valence-corrected chi connectivity index (χ2v) is 43.2. The molecule has 8 aromatic heterocycles. The molecule has 5 aliphatic carbocycles. The van der Waals surface area contributed by atoms with Crippen LogP contribution in [0.2, 0.25) is 0 Å². The van der Waals surface area contributed by atoms with E-state index in [-0.39, 0.29) is 44.9 Å². The van der Waals surface area contributed by atoms with Gasteiger partial charge in [-0.1, -0.05) is 109 Å². The van der Waals surface area contributed by atoms with Gasteiger partial charge in [0.15, 0.2) is 43.9 Å². The third-order valence-corrected chi connectivity index (χ3v) is 30.9. The van der Waals surface area contributed by atoms with E-state index in [9.17, 15) is 39.6 Å². The molecule has 12 aromatic rings. The molecule has 5 saturated carbocycles. The zero-order valence-corrected chi connectivity index (χ0v) is 83.3. The maximum atomic E-state index is 12.1. The van der Waals surface area contributed by atoms with Crippen LogP contribution in [0.5, 0.6) is 0 Å². The van der Waals surface area contributed by atoms with Crippen LogP contribution in [-0.4, -0.2) is 199 Å².